The zero-order valence-corrected chi connectivity index (χ0v) is 11.8. The number of ether oxygens (including phenoxy) is 2. The SMILES string of the molecule is COC(C)(C)CCOCc1nc(Cl)ccc1Cl. The van der Waals surface area contributed by atoms with Gasteiger partial charge in [-0.2, -0.15) is 0 Å². The third kappa shape index (κ3) is 5.21. The minimum Gasteiger partial charge on any atom is -0.379 e. The largest absolute Gasteiger partial charge is 0.379 e. The third-order valence-electron chi connectivity index (χ3n) is 2.52. The van der Waals surface area contributed by atoms with Crippen LogP contribution in [-0.2, 0) is 16.1 Å². The lowest BCUT2D eigenvalue weighted by atomic mass is 10.1. The van der Waals surface area contributed by atoms with Gasteiger partial charge >= 0.3 is 0 Å². The Balaban J connectivity index is 2.38. The molecule has 0 bridgehead atoms. The van der Waals surface area contributed by atoms with Crippen LogP contribution in [0.1, 0.15) is 26.0 Å². The molecular weight excluding hydrogens is 261 g/mol. The van der Waals surface area contributed by atoms with E-state index in [0.29, 0.717) is 29.1 Å². The molecule has 5 heteroatoms. The van der Waals surface area contributed by atoms with Gasteiger partial charge in [0.1, 0.15) is 5.15 Å². The molecule has 1 aromatic rings. The molecule has 0 fully saturated rings. The molecule has 96 valence electrons. The summed E-state index contributed by atoms with van der Waals surface area (Å²) in [6, 6.07) is 3.37. The van der Waals surface area contributed by atoms with Crippen LogP contribution in [0.5, 0.6) is 0 Å². The second-order valence-corrected chi connectivity index (χ2v) is 5.12. The quantitative estimate of drug-likeness (QED) is 0.587. The molecule has 1 rings (SSSR count). The highest BCUT2D eigenvalue weighted by Crippen LogP contribution is 2.18. The van der Waals surface area contributed by atoms with Crippen molar-refractivity contribution >= 4 is 23.2 Å². The topological polar surface area (TPSA) is 31.4 Å². The summed E-state index contributed by atoms with van der Waals surface area (Å²) < 4.78 is 10.8. The van der Waals surface area contributed by atoms with E-state index in [1.54, 1.807) is 19.2 Å². The zero-order chi connectivity index (χ0) is 12.9. The zero-order valence-electron chi connectivity index (χ0n) is 10.3. The molecular formula is C12H17Cl2NO2. The second kappa shape index (κ2) is 6.55. The fourth-order valence-electron chi connectivity index (χ4n) is 1.15. The Morgan fingerprint density at radius 3 is 2.65 bits per heavy atom. The molecule has 0 saturated heterocycles. The van der Waals surface area contributed by atoms with E-state index in [2.05, 4.69) is 4.98 Å². The highest BCUT2D eigenvalue weighted by molar-refractivity contribution is 6.32. The fourth-order valence-corrected chi connectivity index (χ4v) is 1.47. The average Bonchev–Trinajstić information content (AvgIpc) is 2.29. The third-order valence-corrected chi connectivity index (χ3v) is 3.08. The number of rotatable bonds is 6. The van der Waals surface area contributed by atoms with Crippen LogP contribution in [0.4, 0.5) is 0 Å². The summed E-state index contributed by atoms with van der Waals surface area (Å²) in [6.07, 6.45) is 0.807. The van der Waals surface area contributed by atoms with Crippen LogP contribution in [0.25, 0.3) is 0 Å². The van der Waals surface area contributed by atoms with Crippen LogP contribution in [0.15, 0.2) is 12.1 Å². The molecule has 1 aromatic heterocycles. The lowest BCUT2D eigenvalue weighted by Crippen LogP contribution is -2.24. The maximum absolute atomic E-state index is 5.97. The summed E-state index contributed by atoms with van der Waals surface area (Å²) in [6.45, 7) is 4.98. The normalized spacial score (nSPS) is 11.8. The predicted octanol–water partition coefficient (Wildman–Crippen LogP) is 3.72. The van der Waals surface area contributed by atoms with Crippen molar-refractivity contribution in [1.29, 1.82) is 0 Å². The number of hydrogen-bond acceptors (Lipinski definition) is 3. The molecule has 0 N–H and O–H groups in total. The summed E-state index contributed by atoms with van der Waals surface area (Å²) >= 11 is 11.7. The summed E-state index contributed by atoms with van der Waals surface area (Å²) in [5.74, 6) is 0. The molecule has 0 radical (unpaired) electrons. The Labute approximate surface area is 112 Å². The van der Waals surface area contributed by atoms with Gasteiger partial charge in [-0.15, -0.1) is 0 Å². The van der Waals surface area contributed by atoms with Gasteiger partial charge in [0.25, 0.3) is 0 Å². The predicted molar refractivity (Wildman–Crippen MR) is 69.6 cm³/mol. The molecule has 0 spiro atoms. The molecule has 0 aromatic carbocycles. The highest BCUT2D eigenvalue weighted by atomic mass is 35.5. The van der Waals surface area contributed by atoms with Gasteiger partial charge in [0.2, 0.25) is 0 Å². The lowest BCUT2D eigenvalue weighted by molar-refractivity contribution is -0.0128. The lowest BCUT2D eigenvalue weighted by Gasteiger charge is -2.22. The van der Waals surface area contributed by atoms with Gasteiger partial charge in [-0.25, -0.2) is 4.98 Å². The number of pyridine rings is 1. The monoisotopic (exact) mass is 277 g/mol. The van der Waals surface area contributed by atoms with Crippen molar-refractivity contribution in [1.82, 2.24) is 4.98 Å². The van der Waals surface area contributed by atoms with Gasteiger partial charge in [-0.05, 0) is 32.4 Å². The first-order valence-corrected chi connectivity index (χ1v) is 6.14. The standard InChI is InChI=1S/C12H17Cl2NO2/c1-12(2,16-3)6-7-17-8-10-9(13)4-5-11(14)15-10/h4-5H,6-8H2,1-3H3. The number of hydrogen-bond donors (Lipinski definition) is 0. The molecule has 0 atom stereocenters. The smallest absolute Gasteiger partial charge is 0.129 e. The maximum Gasteiger partial charge on any atom is 0.129 e. The summed E-state index contributed by atoms with van der Waals surface area (Å²) in [4.78, 5) is 4.10. The van der Waals surface area contributed by atoms with Gasteiger partial charge in [0.15, 0.2) is 0 Å². The molecule has 0 aliphatic rings. The molecule has 1 heterocycles. The van der Waals surface area contributed by atoms with E-state index in [0.717, 1.165) is 6.42 Å². The van der Waals surface area contributed by atoms with Crippen LogP contribution >= 0.6 is 23.2 Å². The number of methoxy groups -OCH3 is 1. The van der Waals surface area contributed by atoms with Crippen molar-refractivity contribution in [2.45, 2.75) is 32.5 Å². The summed E-state index contributed by atoms with van der Waals surface area (Å²) in [5, 5.41) is 0.991. The first kappa shape index (κ1) is 14.7. The second-order valence-electron chi connectivity index (χ2n) is 4.33. The summed E-state index contributed by atoms with van der Waals surface area (Å²) in [5.41, 5.74) is 0.486. The van der Waals surface area contributed by atoms with E-state index < -0.39 is 0 Å². The van der Waals surface area contributed by atoms with Gasteiger partial charge < -0.3 is 9.47 Å². The van der Waals surface area contributed by atoms with Gasteiger partial charge in [0.05, 0.1) is 22.9 Å². The van der Waals surface area contributed by atoms with E-state index in [1.165, 1.54) is 0 Å². The molecule has 0 aliphatic carbocycles. The molecule has 17 heavy (non-hydrogen) atoms. The van der Waals surface area contributed by atoms with E-state index in [-0.39, 0.29) is 5.60 Å². The van der Waals surface area contributed by atoms with E-state index >= 15 is 0 Å². The fraction of sp³-hybridized carbons (Fsp3) is 0.583. The van der Waals surface area contributed by atoms with Crippen LogP contribution in [0.3, 0.4) is 0 Å². The molecule has 0 amide bonds. The van der Waals surface area contributed by atoms with Crippen molar-refractivity contribution in [3.8, 4) is 0 Å². The first-order chi connectivity index (χ1) is 7.94. The van der Waals surface area contributed by atoms with Crippen LogP contribution in [-0.4, -0.2) is 24.3 Å². The molecule has 0 unspecified atom stereocenters. The molecule has 0 aliphatic heterocycles. The van der Waals surface area contributed by atoms with Crippen LogP contribution in [0.2, 0.25) is 10.2 Å². The minimum absolute atomic E-state index is 0.175. The number of nitrogens with zero attached hydrogens (tertiary/aromatic N) is 1. The number of halogens is 2. The van der Waals surface area contributed by atoms with Crippen molar-refractivity contribution in [3.63, 3.8) is 0 Å². The Morgan fingerprint density at radius 2 is 2.00 bits per heavy atom. The maximum atomic E-state index is 5.97. The minimum atomic E-state index is -0.175. The Bertz CT molecular complexity index is 370. The highest BCUT2D eigenvalue weighted by Gasteiger charge is 2.15. The van der Waals surface area contributed by atoms with E-state index in [1.807, 2.05) is 13.8 Å². The number of aromatic nitrogens is 1. The van der Waals surface area contributed by atoms with Crippen molar-refractivity contribution in [3.05, 3.63) is 28.0 Å². The molecule has 3 nitrogen and oxygen atoms in total. The van der Waals surface area contributed by atoms with Gasteiger partial charge in [-0.3, -0.25) is 0 Å². The van der Waals surface area contributed by atoms with Gasteiger partial charge in [0, 0.05) is 13.7 Å². The Hall–Kier alpha value is -0.350. The van der Waals surface area contributed by atoms with Gasteiger partial charge in [-0.1, -0.05) is 23.2 Å². The Morgan fingerprint density at radius 1 is 1.29 bits per heavy atom. The van der Waals surface area contributed by atoms with Crippen molar-refractivity contribution in [2.75, 3.05) is 13.7 Å². The average molecular weight is 278 g/mol. The Kier molecular flexibility index (Phi) is 5.67. The molecule has 0 saturated carbocycles. The summed E-state index contributed by atoms with van der Waals surface area (Å²) in [7, 11) is 1.69. The van der Waals surface area contributed by atoms with Crippen LogP contribution < -0.4 is 0 Å². The van der Waals surface area contributed by atoms with Crippen molar-refractivity contribution in [2.24, 2.45) is 0 Å². The van der Waals surface area contributed by atoms with Crippen LogP contribution in [0, 0.1) is 0 Å². The van der Waals surface area contributed by atoms with Crippen molar-refractivity contribution < 1.29 is 9.47 Å². The van der Waals surface area contributed by atoms with E-state index in [9.17, 15) is 0 Å². The first-order valence-electron chi connectivity index (χ1n) is 5.38. The van der Waals surface area contributed by atoms with E-state index in [4.69, 9.17) is 32.7 Å².